The maximum Gasteiger partial charge on any atom is 0.253 e. The van der Waals surface area contributed by atoms with Crippen LogP contribution in [0.1, 0.15) is 36.2 Å². The Labute approximate surface area is 154 Å². The zero-order valence-electron chi connectivity index (χ0n) is 15.3. The standard InChI is InChI=1S/C21H24N2O3/c1-4-15(2)22-21(25)18-7-5-6-8-19(18)23-20(24)14-11-16-9-12-17(26-3)13-10-16/h5-15H,4H2,1-3H3,(H,22,25)(H,23,24)/b14-11+/t15-/m0/s1. The minimum absolute atomic E-state index is 0.0706. The summed E-state index contributed by atoms with van der Waals surface area (Å²) in [6, 6.07) is 14.4. The fraction of sp³-hybridized carbons (Fsp3) is 0.238. The number of hydrogen-bond acceptors (Lipinski definition) is 3. The molecule has 26 heavy (non-hydrogen) atoms. The molecule has 0 heterocycles. The molecule has 5 nitrogen and oxygen atoms in total. The van der Waals surface area contributed by atoms with Crippen molar-refractivity contribution in [2.24, 2.45) is 0 Å². The van der Waals surface area contributed by atoms with Gasteiger partial charge in [-0.05, 0) is 49.2 Å². The van der Waals surface area contributed by atoms with Gasteiger partial charge >= 0.3 is 0 Å². The van der Waals surface area contributed by atoms with Crippen molar-refractivity contribution in [2.45, 2.75) is 26.3 Å². The Morgan fingerprint density at radius 2 is 1.81 bits per heavy atom. The fourth-order valence-electron chi connectivity index (χ4n) is 2.26. The van der Waals surface area contributed by atoms with Crippen molar-refractivity contribution >= 4 is 23.6 Å². The van der Waals surface area contributed by atoms with Crippen LogP contribution >= 0.6 is 0 Å². The maximum absolute atomic E-state index is 12.4. The van der Waals surface area contributed by atoms with Crippen LogP contribution < -0.4 is 15.4 Å². The van der Waals surface area contributed by atoms with Crippen molar-refractivity contribution < 1.29 is 14.3 Å². The third-order valence-corrected chi connectivity index (χ3v) is 3.96. The van der Waals surface area contributed by atoms with Gasteiger partial charge in [0.05, 0.1) is 18.4 Å². The van der Waals surface area contributed by atoms with E-state index >= 15 is 0 Å². The smallest absolute Gasteiger partial charge is 0.253 e. The minimum atomic E-state index is -0.301. The highest BCUT2D eigenvalue weighted by Gasteiger charge is 2.13. The van der Waals surface area contributed by atoms with Crippen molar-refractivity contribution in [3.8, 4) is 5.75 Å². The van der Waals surface area contributed by atoms with Gasteiger partial charge < -0.3 is 15.4 Å². The molecule has 0 aliphatic carbocycles. The number of ether oxygens (including phenoxy) is 1. The molecule has 0 aliphatic rings. The number of nitrogens with one attached hydrogen (secondary N) is 2. The quantitative estimate of drug-likeness (QED) is 0.743. The van der Waals surface area contributed by atoms with Crippen LogP contribution in [0.3, 0.4) is 0 Å². The molecule has 0 fully saturated rings. The fourth-order valence-corrected chi connectivity index (χ4v) is 2.26. The Morgan fingerprint density at radius 3 is 2.46 bits per heavy atom. The zero-order chi connectivity index (χ0) is 18.9. The first-order valence-electron chi connectivity index (χ1n) is 8.56. The highest BCUT2D eigenvalue weighted by atomic mass is 16.5. The summed E-state index contributed by atoms with van der Waals surface area (Å²) in [5, 5.41) is 5.67. The van der Waals surface area contributed by atoms with E-state index in [1.54, 1.807) is 37.5 Å². The number of benzene rings is 2. The Hall–Kier alpha value is -3.08. The molecule has 1 atom stereocenters. The van der Waals surface area contributed by atoms with Crippen LogP contribution in [-0.4, -0.2) is 25.0 Å². The molecule has 2 aromatic carbocycles. The lowest BCUT2D eigenvalue weighted by atomic mass is 10.1. The first-order valence-corrected chi connectivity index (χ1v) is 8.56. The lowest BCUT2D eigenvalue weighted by Crippen LogP contribution is -2.32. The normalized spacial score (nSPS) is 11.8. The largest absolute Gasteiger partial charge is 0.497 e. The van der Waals surface area contributed by atoms with Crippen molar-refractivity contribution in [2.75, 3.05) is 12.4 Å². The minimum Gasteiger partial charge on any atom is -0.497 e. The lowest BCUT2D eigenvalue weighted by Gasteiger charge is -2.14. The second-order valence-corrected chi connectivity index (χ2v) is 5.92. The van der Waals surface area contributed by atoms with Gasteiger partial charge in [0, 0.05) is 12.1 Å². The molecular weight excluding hydrogens is 328 g/mol. The Bertz CT molecular complexity index is 782. The molecule has 2 N–H and O–H groups in total. The predicted molar refractivity (Wildman–Crippen MR) is 104 cm³/mol. The van der Waals surface area contributed by atoms with Gasteiger partial charge in [-0.25, -0.2) is 0 Å². The molecule has 0 unspecified atom stereocenters. The first-order chi connectivity index (χ1) is 12.5. The third-order valence-electron chi connectivity index (χ3n) is 3.96. The Morgan fingerprint density at radius 1 is 1.12 bits per heavy atom. The first kappa shape index (κ1) is 19.2. The van der Waals surface area contributed by atoms with Crippen LogP contribution in [0.15, 0.2) is 54.6 Å². The summed E-state index contributed by atoms with van der Waals surface area (Å²) in [5.74, 6) is 0.256. The summed E-state index contributed by atoms with van der Waals surface area (Å²) >= 11 is 0. The third kappa shape index (κ3) is 5.48. The molecule has 0 bridgehead atoms. The highest BCUT2D eigenvalue weighted by Crippen LogP contribution is 2.16. The molecular formula is C21H24N2O3. The molecule has 2 aromatic rings. The van der Waals surface area contributed by atoms with E-state index < -0.39 is 0 Å². The maximum atomic E-state index is 12.4. The molecule has 0 aliphatic heterocycles. The van der Waals surface area contributed by atoms with E-state index in [2.05, 4.69) is 10.6 Å². The van der Waals surface area contributed by atoms with Crippen molar-refractivity contribution in [1.82, 2.24) is 5.32 Å². The van der Waals surface area contributed by atoms with Crippen LogP contribution in [-0.2, 0) is 4.79 Å². The van der Waals surface area contributed by atoms with Gasteiger partial charge in [-0.15, -0.1) is 0 Å². The van der Waals surface area contributed by atoms with Gasteiger partial charge in [0.15, 0.2) is 0 Å². The monoisotopic (exact) mass is 352 g/mol. The molecule has 0 spiro atoms. The number of methoxy groups -OCH3 is 1. The molecule has 2 amide bonds. The summed E-state index contributed by atoms with van der Waals surface area (Å²) in [4.78, 5) is 24.6. The van der Waals surface area contributed by atoms with Gasteiger partial charge in [-0.2, -0.15) is 0 Å². The second kappa shape index (κ2) is 9.42. The van der Waals surface area contributed by atoms with Crippen molar-refractivity contribution in [1.29, 1.82) is 0 Å². The Balaban J connectivity index is 2.06. The van der Waals surface area contributed by atoms with Crippen LogP contribution in [0.5, 0.6) is 5.75 Å². The summed E-state index contributed by atoms with van der Waals surface area (Å²) in [7, 11) is 1.60. The van der Waals surface area contributed by atoms with E-state index in [9.17, 15) is 9.59 Å². The molecule has 0 radical (unpaired) electrons. The number of anilines is 1. The average molecular weight is 352 g/mol. The van der Waals surface area contributed by atoms with Gasteiger partial charge in [0.1, 0.15) is 5.75 Å². The molecule has 0 aromatic heterocycles. The van der Waals surface area contributed by atoms with E-state index in [-0.39, 0.29) is 17.9 Å². The molecule has 0 saturated heterocycles. The lowest BCUT2D eigenvalue weighted by molar-refractivity contribution is -0.111. The molecule has 0 saturated carbocycles. The summed E-state index contributed by atoms with van der Waals surface area (Å²) in [6.45, 7) is 3.94. The van der Waals surface area contributed by atoms with Crippen LogP contribution in [0.4, 0.5) is 5.69 Å². The second-order valence-electron chi connectivity index (χ2n) is 5.92. The van der Waals surface area contributed by atoms with E-state index in [1.807, 2.05) is 38.1 Å². The number of amides is 2. The predicted octanol–water partition coefficient (Wildman–Crippen LogP) is 3.88. The number of carbonyl (C=O) groups is 2. The summed E-state index contributed by atoms with van der Waals surface area (Å²) in [5.41, 5.74) is 1.81. The number of hydrogen-bond donors (Lipinski definition) is 2. The van der Waals surface area contributed by atoms with Gasteiger partial charge in [0.25, 0.3) is 5.91 Å². The molecule has 5 heteroatoms. The van der Waals surface area contributed by atoms with E-state index in [0.29, 0.717) is 11.3 Å². The highest BCUT2D eigenvalue weighted by molar-refractivity contribution is 6.07. The van der Waals surface area contributed by atoms with Gasteiger partial charge in [-0.1, -0.05) is 31.2 Å². The van der Waals surface area contributed by atoms with Crippen LogP contribution in [0.25, 0.3) is 6.08 Å². The number of rotatable bonds is 7. The van der Waals surface area contributed by atoms with Crippen LogP contribution in [0.2, 0.25) is 0 Å². The van der Waals surface area contributed by atoms with E-state index in [1.165, 1.54) is 6.08 Å². The zero-order valence-corrected chi connectivity index (χ0v) is 15.3. The van der Waals surface area contributed by atoms with Gasteiger partial charge in [-0.3, -0.25) is 9.59 Å². The summed E-state index contributed by atoms with van der Waals surface area (Å²) < 4.78 is 5.10. The van der Waals surface area contributed by atoms with Crippen molar-refractivity contribution in [3.63, 3.8) is 0 Å². The average Bonchev–Trinajstić information content (AvgIpc) is 2.67. The van der Waals surface area contributed by atoms with E-state index in [4.69, 9.17) is 4.74 Å². The summed E-state index contributed by atoms with van der Waals surface area (Å²) in [6.07, 6.45) is 3.98. The topological polar surface area (TPSA) is 67.4 Å². The Kier molecular flexibility index (Phi) is 6.97. The van der Waals surface area contributed by atoms with Gasteiger partial charge in [0.2, 0.25) is 5.91 Å². The van der Waals surface area contributed by atoms with Crippen LogP contribution in [0, 0.1) is 0 Å². The van der Waals surface area contributed by atoms with Crippen molar-refractivity contribution in [3.05, 3.63) is 65.7 Å². The molecule has 2 rings (SSSR count). The van der Waals surface area contributed by atoms with E-state index in [0.717, 1.165) is 17.7 Å². The SMILES string of the molecule is CC[C@H](C)NC(=O)c1ccccc1NC(=O)/C=C/c1ccc(OC)cc1. The number of para-hydroxylation sites is 1. The number of carbonyl (C=O) groups excluding carboxylic acids is 2. The molecule has 136 valence electrons.